The lowest BCUT2D eigenvalue weighted by molar-refractivity contribution is 0.102. The van der Waals surface area contributed by atoms with Gasteiger partial charge in [-0.05, 0) is 49.2 Å². The van der Waals surface area contributed by atoms with E-state index in [4.69, 9.17) is 11.6 Å². The van der Waals surface area contributed by atoms with E-state index < -0.39 is 0 Å². The average molecular weight is 276 g/mol. The predicted molar refractivity (Wildman–Crippen MR) is 77.0 cm³/mol. The number of aromatic hydroxyl groups is 1. The molecule has 0 fully saturated rings. The number of nitrogens with one attached hydrogen (secondary N) is 1. The summed E-state index contributed by atoms with van der Waals surface area (Å²) >= 11 is 6.02. The summed E-state index contributed by atoms with van der Waals surface area (Å²) in [7, 11) is 0. The number of halogens is 1. The number of amides is 1. The van der Waals surface area contributed by atoms with Gasteiger partial charge in [-0.2, -0.15) is 0 Å². The number of hydrogen-bond acceptors (Lipinski definition) is 2. The van der Waals surface area contributed by atoms with Crippen LogP contribution in [0.4, 0.5) is 5.69 Å². The van der Waals surface area contributed by atoms with Crippen LogP contribution in [-0.2, 0) is 0 Å². The van der Waals surface area contributed by atoms with Gasteiger partial charge in [0.25, 0.3) is 5.91 Å². The van der Waals surface area contributed by atoms with E-state index in [1.54, 1.807) is 30.3 Å². The van der Waals surface area contributed by atoms with Crippen LogP contribution in [0.2, 0.25) is 5.02 Å². The molecule has 0 aliphatic carbocycles. The molecule has 2 rings (SSSR count). The number of carbonyl (C=O) groups excluding carboxylic acids is 1. The van der Waals surface area contributed by atoms with Crippen molar-refractivity contribution in [3.05, 3.63) is 58.1 Å². The minimum atomic E-state index is -0.384. The number of phenols is 1. The molecule has 98 valence electrons. The fourth-order valence-corrected chi connectivity index (χ4v) is 1.92. The van der Waals surface area contributed by atoms with E-state index in [1.807, 2.05) is 19.9 Å². The van der Waals surface area contributed by atoms with Crippen LogP contribution in [0.25, 0.3) is 0 Å². The molecule has 0 spiro atoms. The molecule has 2 N–H and O–H groups in total. The second-order valence-electron chi connectivity index (χ2n) is 4.46. The Balaban J connectivity index is 2.28. The number of hydrogen-bond donors (Lipinski definition) is 2. The van der Waals surface area contributed by atoms with Gasteiger partial charge in [0.15, 0.2) is 0 Å². The molecule has 0 saturated carbocycles. The average Bonchev–Trinajstić information content (AvgIpc) is 2.33. The first-order chi connectivity index (χ1) is 8.97. The third-order valence-corrected chi connectivity index (χ3v) is 3.10. The van der Waals surface area contributed by atoms with Crippen LogP contribution in [0.15, 0.2) is 36.4 Å². The van der Waals surface area contributed by atoms with Gasteiger partial charge in [-0.15, -0.1) is 0 Å². The van der Waals surface area contributed by atoms with Gasteiger partial charge in [-0.3, -0.25) is 4.79 Å². The molecule has 0 aliphatic heterocycles. The van der Waals surface area contributed by atoms with E-state index in [9.17, 15) is 9.90 Å². The molecule has 0 aliphatic rings. The van der Waals surface area contributed by atoms with Crippen molar-refractivity contribution in [2.24, 2.45) is 0 Å². The molecule has 0 atom stereocenters. The summed E-state index contributed by atoms with van der Waals surface area (Å²) in [5.41, 5.74) is 2.64. The third-order valence-electron chi connectivity index (χ3n) is 2.77. The van der Waals surface area contributed by atoms with Crippen molar-refractivity contribution in [3.8, 4) is 5.75 Å². The maximum absolute atomic E-state index is 12.1. The number of rotatable bonds is 2. The van der Waals surface area contributed by atoms with Gasteiger partial charge in [-0.25, -0.2) is 0 Å². The number of phenolic OH excluding ortho intramolecular Hbond substituents is 1. The highest BCUT2D eigenvalue weighted by Gasteiger charge is 2.12. The van der Waals surface area contributed by atoms with Crippen molar-refractivity contribution in [1.82, 2.24) is 0 Å². The van der Waals surface area contributed by atoms with Crippen LogP contribution in [0.3, 0.4) is 0 Å². The second-order valence-corrected chi connectivity index (χ2v) is 4.87. The summed E-state index contributed by atoms with van der Waals surface area (Å²) in [6, 6.07) is 10.3. The Bertz CT molecular complexity index is 638. The largest absolute Gasteiger partial charge is 0.507 e. The van der Waals surface area contributed by atoms with Crippen LogP contribution in [0.1, 0.15) is 21.5 Å². The lowest BCUT2D eigenvalue weighted by Gasteiger charge is -2.09. The third kappa shape index (κ3) is 3.06. The first-order valence-electron chi connectivity index (χ1n) is 5.84. The summed E-state index contributed by atoms with van der Waals surface area (Å²) in [6.45, 7) is 3.76. The van der Waals surface area contributed by atoms with Gasteiger partial charge in [0.1, 0.15) is 5.75 Å². The standard InChI is InChI=1S/C15H14ClNO2/c1-9-4-6-12(16)13(7-9)17-15(19)11-5-3-10(2)8-14(11)18/h3-8,18H,1-2H3,(H,17,19). The SMILES string of the molecule is Cc1ccc(C(=O)Nc2cc(C)ccc2Cl)c(O)c1. The molecule has 3 nitrogen and oxygen atoms in total. The fourth-order valence-electron chi connectivity index (χ4n) is 1.76. The lowest BCUT2D eigenvalue weighted by atomic mass is 10.1. The van der Waals surface area contributed by atoms with E-state index in [0.717, 1.165) is 11.1 Å². The lowest BCUT2D eigenvalue weighted by Crippen LogP contribution is -2.12. The number of carbonyl (C=O) groups is 1. The molecule has 19 heavy (non-hydrogen) atoms. The van der Waals surface area contributed by atoms with Crippen LogP contribution < -0.4 is 5.32 Å². The van der Waals surface area contributed by atoms with Crippen LogP contribution in [-0.4, -0.2) is 11.0 Å². The highest BCUT2D eigenvalue weighted by atomic mass is 35.5. The molecule has 0 bridgehead atoms. The van der Waals surface area contributed by atoms with Crippen molar-refractivity contribution >= 4 is 23.2 Å². The molecule has 0 radical (unpaired) electrons. The first kappa shape index (κ1) is 13.4. The molecule has 0 saturated heterocycles. The Morgan fingerprint density at radius 2 is 1.74 bits per heavy atom. The molecule has 0 heterocycles. The second kappa shape index (κ2) is 5.33. The molecular formula is C15H14ClNO2. The van der Waals surface area contributed by atoms with Gasteiger partial charge >= 0.3 is 0 Å². The van der Waals surface area contributed by atoms with Crippen LogP contribution >= 0.6 is 11.6 Å². The summed E-state index contributed by atoms with van der Waals surface area (Å²) in [5.74, 6) is -0.425. The van der Waals surface area contributed by atoms with Gasteiger partial charge in [-0.1, -0.05) is 23.7 Å². The summed E-state index contributed by atoms with van der Waals surface area (Å²) in [4.78, 5) is 12.1. The van der Waals surface area contributed by atoms with E-state index in [-0.39, 0.29) is 17.2 Å². The maximum atomic E-state index is 12.1. The summed E-state index contributed by atoms with van der Waals surface area (Å²) < 4.78 is 0. The van der Waals surface area contributed by atoms with Gasteiger partial charge < -0.3 is 10.4 Å². The zero-order valence-electron chi connectivity index (χ0n) is 10.7. The van der Waals surface area contributed by atoms with Gasteiger partial charge in [0, 0.05) is 0 Å². The van der Waals surface area contributed by atoms with Crippen molar-refractivity contribution < 1.29 is 9.90 Å². The first-order valence-corrected chi connectivity index (χ1v) is 6.22. The molecule has 1 amide bonds. The number of anilines is 1. The smallest absolute Gasteiger partial charge is 0.259 e. The molecule has 2 aromatic carbocycles. The molecule has 0 aromatic heterocycles. The Labute approximate surface area is 116 Å². The highest BCUT2D eigenvalue weighted by molar-refractivity contribution is 6.34. The zero-order chi connectivity index (χ0) is 14.0. The van der Waals surface area contributed by atoms with Gasteiger partial charge in [0.05, 0.1) is 16.3 Å². The van der Waals surface area contributed by atoms with E-state index in [2.05, 4.69) is 5.32 Å². The van der Waals surface area contributed by atoms with E-state index >= 15 is 0 Å². The quantitative estimate of drug-likeness (QED) is 0.873. The molecule has 4 heteroatoms. The Kier molecular flexibility index (Phi) is 3.76. The number of benzene rings is 2. The Morgan fingerprint density at radius 3 is 2.42 bits per heavy atom. The molecule has 0 unspecified atom stereocenters. The normalized spacial score (nSPS) is 10.3. The topological polar surface area (TPSA) is 49.3 Å². The van der Waals surface area contributed by atoms with Gasteiger partial charge in [0.2, 0.25) is 0 Å². The van der Waals surface area contributed by atoms with Crippen molar-refractivity contribution in [1.29, 1.82) is 0 Å². The van der Waals surface area contributed by atoms with Crippen LogP contribution in [0, 0.1) is 13.8 Å². The maximum Gasteiger partial charge on any atom is 0.259 e. The summed E-state index contributed by atoms with van der Waals surface area (Å²) in [6.07, 6.45) is 0. The zero-order valence-corrected chi connectivity index (χ0v) is 11.5. The van der Waals surface area contributed by atoms with E-state index in [0.29, 0.717) is 10.7 Å². The van der Waals surface area contributed by atoms with E-state index in [1.165, 1.54) is 0 Å². The Hall–Kier alpha value is -2.00. The van der Waals surface area contributed by atoms with Crippen molar-refractivity contribution in [2.45, 2.75) is 13.8 Å². The highest BCUT2D eigenvalue weighted by Crippen LogP contribution is 2.25. The fraction of sp³-hybridized carbons (Fsp3) is 0.133. The monoisotopic (exact) mass is 275 g/mol. The summed E-state index contributed by atoms with van der Waals surface area (Å²) in [5, 5.41) is 12.9. The van der Waals surface area contributed by atoms with Crippen molar-refractivity contribution in [3.63, 3.8) is 0 Å². The van der Waals surface area contributed by atoms with Crippen LogP contribution in [0.5, 0.6) is 5.75 Å². The molecule has 2 aromatic rings. The Morgan fingerprint density at radius 1 is 1.11 bits per heavy atom. The molecular weight excluding hydrogens is 262 g/mol. The minimum Gasteiger partial charge on any atom is -0.507 e. The number of aryl methyl sites for hydroxylation is 2. The predicted octanol–water partition coefficient (Wildman–Crippen LogP) is 3.91. The van der Waals surface area contributed by atoms with Crippen molar-refractivity contribution in [2.75, 3.05) is 5.32 Å². The minimum absolute atomic E-state index is 0.0405.